The molecular formula is C22H30N4O5. The molecule has 9 heteroatoms. The molecule has 2 aliphatic rings. The number of benzene rings is 1. The van der Waals surface area contributed by atoms with Crippen LogP contribution in [0.3, 0.4) is 0 Å². The number of fused-ring (bicyclic) bond motifs is 1. The lowest BCUT2D eigenvalue weighted by atomic mass is 9.93. The van der Waals surface area contributed by atoms with Crippen molar-refractivity contribution < 1.29 is 24.6 Å². The third-order valence-electron chi connectivity index (χ3n) is 5.61. The van der Waals surface area contributed by atoms with Crippen LogP contribution in [-0.4, -0.2) is 74.6 Å². The summed E-state index contributed by atoms with van der Waals surface area (Å²) in [5.41, 5.74) is 2.72. The predicted octanol–water partition coefficient (Wildman–Crippen LogP) is 1.58. The Balaban J connectivity index is 0.000000513. The van der Waals surface area contributed by atoms with E-state index in [1.807, 2.05) is 18.7 Å². The van der Waals surface area contributed by atoms with E-state index < -0.39 is 0 Å². The van der Waals surface area contributed by atoms with E-state index in [1.165, 1.54) is 11.1 Å². The van der Waals surface area contributed by atoms with Gasteiger partial charge in [-0.25, -0.2) is 4.98 Å². The van der Waals surface area contributed by atoms with Gasteiger partial charge < -0.3 is 24.6 Å². The van der Waals surface area contributed by atoms with Gasteiger partial charge in [0, 0.05) is 44.5 Å². The van der Waals surface area contributed by atoms with Gasteiger partial charge in [0.25, 0.3) is 12.9 Å². The highest BCUT2D eigenvalue weighted by Crippen LogP contribution is 2.24. The summed E-state index contributed by atoms with van der Waals surface area (Å²) in [5, 5.41) is 13.8. The van der Waals surface area contributed by atoms with Gasteiger partial charge in [0.1, 0.15) is 0 Å². The molecule has 4 rings (SSSR count). The molecule has 1 aromatic carbocycles. The third kappa shape index (κ3) is 7.53. The van der Waals surface area contributed by atoms with Gasteiger partial charge >= 0.3 is 0 Å². The number of hydrogen-bond donors (Lipinski definition) is 2. The molecule has 168 valence electrons. The Kier molecular flexibility index (Phi) is 10.2. The first-order valence-electron chi connectivity index (χ1n) is 10.3. The van der Waals surface area contributed by atoms with Gasteiger partial charge in [-0.1, -0.05) is 24.3 Å². The Morgan fingerprint density at radius 2 is 1.68 bits per heavy atom. The molecule has 1 saturated heterocycles. The molecule has 0 bridgehead atoms. The SMILES string of the molecule is O=C(C1CCN(CCn2ccnc2)CC1)N1CCc2ccccc2C1.O=CO.O=CO. The minimum atomic E-state index is -0.250. The summed E-state index contributed by atoms with van der Waals surface area (Å²) >= 11 is 0. The minimum absolute atomic E-state index is 0.203. The second kappa shape index (κ2) is 13.2. The Hall–Kier alpha value is -3.20. The van der Waals surface area contributed by atoms with Crippen LogP contribution in [0.5, 0.6) is 0 Å². The van der Waals surface area contributed by atoms with E-state index in [0.29, 0.717) is 5.91 Å². The van der Waals surface area contributed by atoms with Crippen LogP contribution in [0.25, 0.3) is 0 Å². The number of aromatic nitrogens is 2. The first kappa shape index (κ1) is 24.1. The lowest BCUT2D eigenvalue weighted by Crippen LogP contribution is -2.44. The van der Waals surface area contributed by atoms with Crippen LogP contribution in [0.15, 0.2) is 43.0 Å². The van der Waals surface area contributed by atoms with E-state index in [9.17, 15) is 4.79 Å². The molecule has 9 nitrogen and oxygen atoms in total. The van der Waals surface area contributed by atoms with Crippen LogP contribution in [-0.2, 0) is 33.9 Å². The molecule has 2 aromatic rings. The highest BCUT2D eigenvalue weighted by atomic mass is 16.3. The Bertz CT molecular complexity index is 798. The lowest BCUT2D eigenvalue weighted by Gasteiger charge is -2.36. The maximum atomic E-state index is 12.9. The summed E-state index contributed by atoms with van der Waals surface area (Å²) in [6.45, 7) is 5.22. The molecule has 0 aliphatic carbocycles. The monoisotopic (exact) mass is 430 g/mol. The molecule has 2 aliphatic heterocycles. The normalized spacial score (nSPS) is 16.1. The van der Waals surface area contributed by atoms with Gasteiger partial charge in [-0.3, -0.25) is 14.4 Å². The topological polar surface area (TPSA) is 116 Å². The standard InChI is InChI=1S/C20H26N4O.2CH2O2/c25-20(24-11-7-17-3-1-2-4-19(17)15-24)18-5-9-22(10-6-18)13-14-23-12-8-21-16-23;2*2-1-3/h1-4,8,12,16,18H,5-7,9-11,13-15H2;2*1H,(H,2,3). The second-order valence-corrected chi connectivity index (χ2v) is 7.41. The van der Waals surface area contributed by atoms with Gasteiger partial charge in [0.05, 0.1) is 6.33 Å². The Morgan fingerprint density at radius 1 is 1.03 bits per heavy atom. The predicted molar refractivity (Wildman–Crippen MR) is 114 cm³/mol. The van der Waals surface area contributed by atoms with Crippen molar-refractivity contribution in [2.75, 3.05) is 26.2 Å². The minimum Gasteiger partial charge on any atom is -0.483 e. The molecule has 2 N–H and O–H groups in total. The highest BCUT2D eigenvalue weighted by Gasteiger charge is 2.30. The van der Waals surface area contributed by atoms with Crippen molar-refractivity contribution >= 4 is 18.9 Å². The molecule has 0 saturated carbocycles. The van der Waals surface area contributed by atoms with Crippen molar-refractivity contribution in [2.45, 2.75) is 32.4 Å². The Labute approximate surface area is 181 Å². The lowest BCUT2D eigenvalue weighted by molar-refractivity contribution is -0.138. The fraction of sp³-hybridized carbons (Fsp3) is 0.455. The van der Waals surface area contributed by atoms with Crippen molar-refractivity contribution in [3.8, 4) is 0 Å². The summed E-state index contributed by atoms with van der Waals surface area (Å²) in [6, 6.07) is 8.52. The number of hydrogen-bond acceptors (Lipinski definition) is 5. The first-order valence-corrected chi connectivity index (χ1v) is 10.3. The van der Waals surface area contributed by atoms with E-state index >= 15 is 0 Å². The molecule has 31 heavy (non-hydrogen) atoms. The van der Waals surface area contributed by atoms with Crippen molar-refractivity contribution in [3.05, 3.63) is 54.1 Å². The van der Waals surface area contributed by atoms with Crippen molar-refractivity contribution in [3.63, 3.8) is 0 Å². The molecule has 1 aromatic heterocycles. The quantitative estimate of drug-likeness (QED) is 0.708. The summed E-state index contributed by atoms with van der Waals surface area (Å²) in [5.74, 6) is 0.568. The van der Waals surface area contributed by atoms with Gasteiger partial charge in [-0.05, 0) is 43.5 Å². The number of amides is 1. The molecule has 0 atom stereocenters. The molecule has 0 spiro atoms. The fourth-order valence-corrected chi connectivity index (χ4v) is 4.02. The van der Waals surface area contributed by atoms with E-state index in [0.717, 1.165) is 58.5 Å². The van der Waals surface area contributed by atoms with Crippen LogP contribution in [0.2, 0.25) is 0 Å². The van der Waals surface area contributed by atoms with Gasteiger partial charge in [0.2, 0.25) is 5.91 Å². The summed E-state index contributed by atoms with van der Waals surface area (Å²) in [7, 11) is 0. The second-order valence-electron chi connectivity index (χ2n) is 7.41. The molecule has 0 unspecified atom stereocenters. The zero-order valence-corrected chi connectivity index (χ0v) is 17.5. The van der Waals surface area contributed by atoms with Crippen LogP contribution in [0.1, 0.15) is 24.0 Å². The average molecular weight is 431 g/mol. The number of piperidine rings is 1. The smallest absolute Gasteiger partial charge is 0.290 e. The maximum Gasteiger partial charge on any atom is 0.290 e. The Morgan fingerprint density at radius 3 is 2.29 bits per heavy atom. The molecule has 1 amide bonds. The third-order valence-corrected chi connectivity index (χ3v) is 5.61. The highest BCUT2D eigenvalue weighted by molar-refractivity contribution is 5.79. The van der Waals surface area contributed by atoms with Gasteiger partial charge in [-0.2, -0.15) is 0 Å². The molecule has 1 fully saturated rings. The average Bonchev–Trinajstić information content (AvgIpc) is 3.32. The maximum absolute atomic E-state index is 12.9. The zero-order valence-electron chi connectivity index (χ0n) is 17.5. The number of likely N-dealkylation sites (tertiary alicyclic amines) is 1. The van der Waals surface area contributed by atoms with Gasteiger partial charge in [-0.15, -0.1) is 0 Å². The zero-order chi connectivity index (χ0) is 22.5. The number of carbonyl (C=O) groups excluding carboxylic acids is 1. The van der Waals surface area contributed by atoms with Crippen molar-refractivity contribution in [1.29, 1.82) is 0 Å². The summed E-state index contributed by atoms with van der Waals surface area (Å²) in [6.07, 6.45) is 8.66. The number of carbonyl (C=O) groups is 3. The number of imidazole rings is 1. The molecule has 0 radical (unpaired) electrons. The van der Waals surface area contributed by atoms with Gasteiger partial charge in [0.15, 0.2) is 0 Å². The number of nitrogens with zero attached hydrogens (tertiary/aromatic N) is 4. The van der Waals surface area contributed by atoms with E-state index in [4.69, 9.17) is 19.8 Å². The van der Waals surface area contributed by atoms with E-state index in [1.54, 1.807) is 0 Å². The van der Waals surface area contributed by atoms with Crippen molar-refractivity contribution in [1.82, 2.24) is 19.4 Å². The number of rotatable bonds is 4. The summed E-state index contributed by atoms with van der Waals surface area (Å²) in [4.78, 5) is 38.3. The van der Waals surface area contributed by atoms with Crippen molar-refractivity contribution in [2.24, 2.45) is 5.92 Å². The largest absolute Gasteiger partial charge is 0.483 e. The first-order chi connectivity index (χ1) is 15.1. The van der Waals surface area contributed by atoms with Crippen LogP contribution in [0.4, 0.5) is 0 Å². The number of carboxylic acid groups (broad SMARTS) is 2. The van der Waals surface area contributed by atoms with E-state index in [-0.39, 0.29) is 18.9 Å². The molecule has 3 heterocycles. The van der Waals surface area contributed by atoms with E-state index in [2.05, 4.69) is 43.6 Å². The molecular weight excluding hydrogens is 400 g/mol. The van der Waals surface area contributed by atoms with Crippen LogP contribution >= 0.6 is 0 Å². The fourth-order valence-electron chi connectivity index (χ4n) is 4.02. The van der Waals surface area contributed by atoms with Crippen LogP contribution < -0.4 is 0 Å². The van der Waals surface area contributed by atoms with Crippen LogP contribution in [0, 0.1) is 5.92 Å². The summed E-state index contributed by atoms with van der Waals surface area (Å²) < 4.78 is 2.11.